The van der Waals surface area contributed by atoms with E-state index in [1.54, 1.807) is 17.0 Å². The molecular weight excluding hydrogens is 272 g/mol. The lowest BCUT2D eigenvalue weighted by Gasteiger charge is -2.30. The highest BCUT2D eigenvalue weighted by molar-refractivity contribution is 5.74. The molecule has 2 amide bonds. The Kier molecular flexibility index (Phi) is 4.26. The summed E-state index contributed by atoms with van der Waals surface area (Å²) in [6.07, 6.45) is 0.746. The summed E-state index contributed by atoms with van der Waals surface area (Å²) >= 11 is 0. The second kappa shape index (κ2) is 6.32. The summed E-state index contributed by atoms with van der Waals surface area (Å²) in [5.41, 5.74) is 2.20. The maximum Gasteiger partial charge on any atom is 0.317 e. The molecule has 21 heavy (non-hydrogen) atoms. The van der Waals surface area contributed by atoms with Crippen molar-refractivity contribution >= 4 is 6.03 Å². The minimum absolute atomic E-state index is 0.0659. The molecule has 0 radical (unpaired) electrons. The Bertz CT molecular complexity index is 514. The first-order valence-electron chi connectivity index (χ1n) is 7.25. The van der Waals surface area contributed by atoms with Crippen LogP contribution in [0.2, 0.25) is 0 Å². The fraction of sp³-hybridized carbons (Fsp3) is 0.533. The first-order valence-corrected chi connectivity index (χ1v) is 7.25. The molecule has 2 aliphatic rings. The second-order valence-electron chi connectivity index (χ2n) is 5.38. The van der Waals surface area contributed by atoms with Crippen LogP contribution >= 0.6 is 0 Å². The van der Waals surface area contributed by atoms with Crippen LogP contribution in [0.5, 0.6) is 5.75 Å². The molecule has 1 saturated heterocycles. The number of rotatable bonds is 2. The number of hydrogen-bond acceptors (Lipinski definition) is 4. The molecule has 3 rings (SSSR count). The summed E-state index contributed by atoms with van der Waals surface area (Å²) in [5, 5.41) is 12.4. The van der Waals surface area contributed by atoms with Gasteiger partial charge >= 0.3 is 6.03 Å². The molecular formula is C15H20N2O4. The highest BCUT2D eigenvalue weighted by atomic mass is 16.6. The summed E-state index contributed by atoms with van der Waals surface area (Å²) in [6.45, 7) is 3.40. The van der Waals surface area contributed by atoms with Crippen LogP contribution in [0.15, 0.2) is 18.2 Å². The third-order valence-electron chi connectivity index (χ3n) is 3.86. The van der Waals surface area contributed by atoms with Crippen LogP contribution < -0.4 is 5.32 Å². The van der Waals surface area contributed by atoms with Gasteiger partial charge in [0, 0.05) is 19.6 Å². The Morgan fingerprint density at radius 3 is 3.10 bits per heavy atom. The maximum absolute atomic E-state index is 12.2. The van der Waals surface area contributed by atoms with Crippen molar-refractivity contribution in [1.82, 2.24) is 10.2 Å². The van der Waals surface area contributed by atoms with Crippen LogP contribution in [0.3, 0.4) is 0 Å². The van der Waals surface area contributed by atoms with Crippen LogP contribution in [0.4, 0.5) is 4.79 Å². The average molecular weight is 292 g/mol. The van der Waals surface area contributed by atoms with Gasteiger partial charge in [0.1, 0.15) is 5.75 Å². The lowest BCUT2D eigenvalue weighted by atomic mass is 10.00. The number of nitrogens with one attached hydrogen (secondary N) is 1. The number of fused-ring (bicyclic) bond motifs is 1. The number of carbonyl (C=O) groups excluding carboxylic acids is 1. The van der Waals surface area contributed by atoms with Crippen molar-refractivity contribution in [3.8, 4) is 5.75 Å². The van der Waals surface area contributed by atoms with Gasteiger partial charge in [-0.1, -0.05) is 6.07 Å². The fourth-order valence-corrected chi connectivity index (χ4v) is 2.68. The van der Waals surface area contributed by atoms with Crippen molar-refractivity contribution in [2.75, 3.05) is 32.9 Å². The Labute approximate surface area is 123 Å². The van der Waals surface area contributed by atoms with E-state index in [1.165, 1.54) is 5.56 Å². The van der Waals surface area contributed by atoms with E-state index in [9.17, 15) is 9.90 Å². The predicted molar refractivity (Wildman–Crippen MR) is 76.2 cm³/mol. The van der Waals surface area contributed by atoms with Crippen LogP contribution in [0.25, 0.3) is 0 Å². The molecule has 114 valence electrons. The highest BCUT2D eigenvalue weighted by Crippen LogP contribution is 2.23. The van der Waals surface area contributed by atoms with Crippen molar-refractivity contribution in [2.24, 2.45) is 0 Å². The zero-order valence-corrected chi connectivity index (χ0v) is 11.9. The molecule has 1 atom stereocenters. The minimum atomic E-state index is -0.0989. The van der Waals surface area contributed by atoms with Crippen LogP contribution in [0.1, 0.15) is 11.1 Å². The van der Waals surface area contributed by atoms with Gasteiger partial charge in [-0.05, 0) is 29.7 Å². The van der Waals surface area contributed by atoms with Crippen LogP contribution in [-0.2, 0) is 22.4 Å². The molecule has 2 N–H and O–H groups in total. The summed E-state index contributed by atoms with van der Waals surface area (Å²) in [5.74, 6) is 0.240. The minimum Gasteiger partial charge on any atom is -0.508 e. The normalized spacial score (nSPS) is 21.7. The van der Waals surface area contributed by atoms with Crippen LogP contribution in [0, 0.1) is 0 Å². The number of hydrogen-bond donors (Lipinski definition) is 2. The van der Waals surface area contributed by atoms with E-state index in [0.717, 1.165) is 12.0 Å². The lowest BCUT2D eigenvalue weighted by molar-refractivity contribution is -0.0856. The van der Waals surface area contributed by atoms with E-state index >= 15 is 0 Å². The van der Waals surface area contributed by atoms with E-state index in [1.807, 2.05) is 6.07 Å². The SMILES string of the molecule is O=C(NCC1COCCO1)N1CCc2ccc(O)cc2C1. The van der Waals surface area contributed by atoms with Gasteiger partial charge in [0.05, 0.1) is 25.9 Å². The maximum atomic E-state index is 12.2. The zero-order chi connectivity index (χ0) is 14.7. The zero-order valence-electron chi connectivity index (χ0n) is 11.9. The molecule has 6 nitrogen and oxygen atoms in total. The van der Waals surface area contributed by atoms with Gasteiger partial charge in [0.25, 0.3) is 0 Å². The standard InChI is InChI=1S/C15H20N2O4/c18-13-2-1-11-3-4-17(9-12(11)7-13)15(19)16-8-14-10-20-5-6-21-14/h1-2,7,14,18H,3-6,8-10H2,(H,16,19). The average Bonchev–Trinajstić information content (AvgIpc) is 2.53. The van der Waals surface area contributed by atoms with Crippen LogP contribution in [-0.4, -0.2) is 55.1 Å². The number of phenols is 1. The van der Waals surface area contributed by atoms with Gasteiger partial charge in [-0.15, -0.1) is 0 Å². The number of aromatic hydroxyl groups is 1. The number of urea groups is 1. The Hall–Kier alpha value is -1.79. The molecule has 0 saturated carbocycles. The Morgan fingerprint density at radius 1 is 1.38 bits per heavy atom. The third-order valence-corrected chi connectivity index (χ3v) is 3.86. The molecule has 0 bridgehead atoms. The monoisotopic (exact) mass is 292 g/mol. The summed E-state index contributed by atoms with van der Waals surface area (Å²) in [7, 11) is 0. The second-order valence-corrected chi connectivity index (χ2v) is 5.38. The quantitative estimate of drug-likeness (QED) is 0.849. The molecule has 1 aromatic carbocycles. The first-order chi connectivity index (χ1) is 10.2. The van der Waals surface area contributed by atoms with E-state index in [2.05, 4.69) is 5.32 Å². The van der Waals surface area contributed by atoms with E-state index in [-0.39, 0.29) is 17.9 Å². The van der Waals surface area contributed by atoms with Crippen molar-refractivity contribution < 1.29 is 19.4 Å². The number of carbonyl (C=O) groups is 1. The molecule has 1 fully saturated rings. The Morgan fingerprint density at radius 2 is 2.29 bits per heavy atom. The third kappa shape index (κ3) is 3.46. The summed E-state index contributed by atoms with van der Waals surface area (Å²) in [4.78, 5) is 13.9. The number of nitrogens with zero attached hydrogens (tertiary/aromatic N) is 1. The van der Waals surface area contributed by atoms with Gasteiger partial charge in [0.15, 0.2) is 0 Å². The van der Waals surface area contributed by atoms with Gasteiger partial charge < -0.3 is 24.8 Å². The van der Waals surface area contributed by atoms with E-state index < -0.39 is 0 Å². The highest BCUT2D eigenvalue weighted by Gasteiger charge is 2.22. The molecule has 2 aliphatic heterocycles. The number of amides is 2. The lowest BCUT2D eigenvalue weighted by Crippen LogP contribution is -2.47. The molecule has 1 aromatic rings. The summed E-state index contributed by atoms with van der Waals surface area (Å²) in [6, 6.07) is 5.24. The molecule has 0 spiro atoms. The van der Waals surface area contributed by atoms with Gasteiger partial charge in [-0.3, -0.25) is 0 Å². The molecule has 1 unspecified atom stereocenters. The van der Waals surface area contributed by atoms with Crippen molar-refractivity contribution in [2.45, 2.75) is 19.1 Å². The van der Waals surface area contributed by atoms with Crippen molar-refractivity contribution in [1.29, 1.82) is 0 Å². The predicted octanol–water partition coefficient (Wildman–Crippen LogP) is 0.875. The van der Waals surface area contributed by atoms with Gasteiger partial charge in [-0.25, -0.2) is 4.79 Å². The number of phenolic OH excluding ortho intramolecular Hbond substituents is 1. The Balaban J connectivity index is 1.54. The number of ether oxygens (including phenoxy) is 2. The number of benzene rings is 1. The molecule has 0 aromatic heterocycles. The molecule has 6 heteroatoms. The van der Waals surface area contributed by atoms with Gasteiger partial charge in [0.2, 0.25) is 0 Å². The van der Waals surface area contributed by atoms with E-state index in [4.69, 9.17) is 9.47 Å². The van der Waals surface area contributed by atoms with Crippen molar-refractivity contribution in [3.63, 3.8) is 0 Å². The van der Waals surface area contributed by atoms with Crippen molar-refractivity contribution in [3.05, 3.63) is 29.3 Å². The smallest absolute Gasteiger partial charge is 0.317 e. The molecule has 0 aliphatic carbocycles. The fourth-order valence-electron chi connectivity index (χ4n) is 2.68. The topological polar surface area (TPSA) is 71.0 Å². The largest absolute Gasteiger partial charge is 0.508 e. The van der Waals surface area contributed by atoms with Gasteiger partial charge in [-0.2, -0.15) is 0 Å². The molecule has 2 heterocycles. The van der Waals surface area contributed by atoms with E-state index in [0.29, 0.717) is 39.5 Å². The summed E-state index contributed by atoms with van der Waals surface area (Å²) < 4.78 is 10.8. The first kappa shape index (κ1) is 14.2.